The number of halogens is 3. The number of aliphatic carboxylic acids is 1. The van der Waals surface area contributed by atoms with E-state index in [0.717, 1.165) is 6.20 Å². The van der Waals surface area contributed by atoms with Crippen LogP contribution in [0.15, 0.2) is 12.3 Å². The van der Waals surface area contributed by atoms with Crippen molar-refractivity contribution in [3.8, 4) is 0 Å². The second-order valence-electron chi connectivity index (χ2n) is 3.04. The third-order valence-electron chi connectivity index (χ3n) is 1.76. The highest BCUT2D eigenvalue weighted by molar-refractivity contribution is 5.70. The molecule has 92 valence electrons. The molecule has 17 heavy (non-hydrogen) atoms. The average molecular weight is 250 g/mol. The summed E-state index contributed by atoms with van der Waals surface area (Å²) in [5, 5.41) is 18.7. The second kappa shape index (κ2) is 4.36. The van der Waals surface area contributed by atoms with Gasteiger partial charge in [-0.15, -0.1) is 0 Å². The first-order valence-electron chi connectivity index (χ1n) is 4.14. The van der Waals surface area contributed by atoms with Crippen molar-refractivity contribution in [1.29, 1.82) is 0 Å². The molecule has 1 N–H and O–H groups in total. The molecular formula is C8H5F3N2O4. The Kier molecular flexibility index (Phi) is 3.30. The molecule has 0 aromatic carbocycles. The lowest BCUT2D eigenvalue weighted by molar-refractivity contribution is -0.392. The Bertz CT molecular complexity index is 472. The summed E-state index contributed by atoms with van der Waals surface area (Å²) in [6, 6.07) is 0.416. The summed E-state index contributed by atoms with van der Waals surface area (Å²) < 4.78 is 37.3. The largest absolute Gasteiger partial charge is 0.481 e. The number of nitro groups is 1. The van der Waals surface area contributed by atoms with E-state index in [-0.39, 0.29) is 5.56 Å². The molecule has 0 amide bonds. The fourth-order valence-corrected chi connectivity index (χ4v) is 1.13. The van der Waals surface area contributed by atoms with Crippen LogP contribution in [0.5, 0.6) is 0 Å². The number of carboxylic acid groups (broad SMARTS) is 1. The number of pyridine rings is 1. The SMILES string of the molecule is O=C(O)Cc1cnc([N+](=O)[O-])c(C(F)(F)F)c1. The van der Waals surface area contributed by atoms with Gasteiger partial charge < -0.3 is 15.2 Å². The molecule has 6 nitrogen and oxygen atoms in total. The molecule has 0 aliphatic carbocycles. The molecule has 1 heterocycles. The van der Waals surface area contributed by atoms with Gasteiger partial charge in [-0.3, -0.25) is 4.79 Å². The van der Waals surface area contributed by atoms with E-state index in [9.17, 15) is 28.1 Å². The molecule has 0 saturated carbocycles. The summed E-state index contributed by atoms with van der Waals surface area (Å²) >= 11 is 0. The summed E-state index contributed by atoms with van der Waals surface area (Å²) in [6.45, 7) is 0. The van der Waals surface area contributed by atoms with Crippen LogP contribution >= 0.6 is 0 Å². The van der Waals surface area contributed by atoms with Gasteiger partial charge in [0, 0.05) is 5.56 Å². The van der Waals surface area contributed by atoms with Crippen LogP contribution in [0.2, 0.25) is 0 Å². The first-order valence-corrected chi connectivity index (χ1v) is 4.14. The molecule has 0 atom stereocenters. The number of alkyl halides is 3. The van der Waals surface area contributed by atoms with Crippen LogP contribution in [-0.2, 0) is 17.4 Å². The van der Waals surface area contributed by atoms with E-state index >= 15 is 0 Å². The smallest absolute Gasteiger partial charge is 0.424 e. The van der Waals surface area contributed by atoms with Crippen molar-refractivity contribution >= 4 is 11.8 Å². The Hall–Kier alpha value is -2.19. The molecular weight excluding hydrogens is 245 g/mol. The Morgan fingerprint density at radius 2 is 2.12 bits per heavy atom. The minimum Gasteiger partial charge on any atom is -0.481 e. The van der Waals surface area contributed by atoms with Crippen molar-refractivity contribution in [3.05, 3.63) is 33.5 Å². The van der Waals surface area contributed by atoms with Crippen molar-refractivity contribution in [2.24, 2.45) is 0 Å². The summed E-state index contributed by atoms with van der Waals surface area (Å²) in [5.41, 5.74) is -1.81. The molecule has 0 aliphatic heterocycles. The van der Waals surface area contributed by atoms with Crippen molar-refractivity contribution in [3.63, 3.8) is 0 Å². The van der Waals surface area contributed by atoms with E-state index in [1.54, 1.807) is 0 Å². The molecule has 0 bridgehead atoms. The quantitative estimate of drug-likeness (QED) is 0.650. The number of hydrogen-bond donors (Lipinski definition) is 1. The number of carbonyl (C=O) groups is 1. The summed E-state index contributed by atoms with van der Waals surface area (Å²) in [5.74, 6) is -2.69. The summed E-state index contributed by atoms with van der Waals surface area (Å²) in [7, 11) is 0. The number of carboxylic acids is 1. The standard InChI is InChI=1S/C8H5F3N2O4/c9-8(10,11)5-1-4(2-6(14)15)3-12-7(5)13(16)17/h1,3H,2H2,(H,14,15). The van der Waals surface area contributed by atoms with Gasteiger partial charge in [0.05, 0.1) is 6.42 Å². The topological polar surface area (TPSA) is 93.3 Å². The highest BCUT2D eigenvalue weighted by Gasteiger charge is 2.39. The predicted octanol–water partition coefficient (Wildman–Crippen LogP) is 1.64. The predicted molar refractivity (Wildman–Crippen MR) is 47.2 cm³/mol. The van der Waals surface area contributed by atoms with E-state index in [2.05, 4.69) is 4.98 Å². The third-order valence-corrected chi connectivity index (χ3v) is 1.76. The monoisotopic (exact) mass is 250 g/mol. The third kappa shape index (κ3) is 3.13. The maximum Gasteiger partial charge on any atom is 0.424 e. The zero-order valence-corrected chi connectivity index (χ0v) is 8.06. The molecule has 0 saturated heterocycles. The molecule has 1 aromatic heterocycles. The molecule has 0 unspecified atom stereocenters. The van der Waals surface area contributed by atoms with Gasteiger partial charge in [0.1, 0.15) is 6.20 Å². The zero-order chi connectivity index (χ0) is 13.2. The van der Waals surface area contributed by atoms with E-state index in [4.69, 9.17) is 5.11 Å². The van der Waals surface area contributed by atoms with Crippen LogP contribution in [0, 0.1) is 10.1 Å². The second-order valence-corrected chi connectivity index (χ2v) is 3.04. The van der Waals surface area contributed by atoms with E-state index in [1.807, 2.05) is 0 Å². The van der Waals surface area contributed by atoms with Gasteiger partial charge in [-0.2, -0.15) is 13.2 Å². The Morgan fingerprint density at radius 3 is 2.53 bits per heavy atom. The molecule has 0 fully saturated rings. The zero-order valence-electron chi connectivity index (χ0n) is 8.06. The molecule has 1 aromatic rings. The maximum atomic E-state index is 12.4. The summed E-state index contributed by atoms with van der Waals surface area (Å²) in [6.07, 6.45) is -4.90. The van der Waals surface area contributed by atoms with E-state index in [1.165, 1.54) is 0 Å². The van der Waals surface area contributed by atoms with Gasteiger partial charge in [0.25, 0.3) is 0 Å². The molecule has 9 heteroatoms. The van der Waals surface area contributed by atoms with Crippen LogP contribution < -0.4 is 0 Å². The van der Waals surface area contributed by atoms with Crippen molar-refractivity contribution in [2.45, 2.75) is 12.6 Å². The van der Waals surface area contributed by atoms with Crippen LogP contribution in [0.1, 0.15) is 11.1 Å². The lowest BCUT2D eigenvalue weighted by atomic mass is 10.1. The average Bonchev–Trinajstić information content (AvgIpc) is 2.14. The van der Waals surface area contributed by atoms with Gasteiger partial charge in [-0.05, 0) is 16.0 Å². The fraction of sp³-hybridized carbons (Fsp3) is 0.250. The lowest BCUT2D eigenvalue weighted by Crippen LogP contribution is -2.12. The van der Waals surface area contributed by atoms with Crippen molar-refractivity contribution < 1.29 is 28.0 Å². The Balaban J connectivity index is 3.29. The minimum absolute atomic E-state index is 0.254. The fourth-order valence-electron chi connectivity index (χ4n) is 1.13. The van der Waals surface area contributed by atoms with Gasteiger partial charge in [-0.25, -0.2) is 0 Å². The number of hydrogen-bond acceptors (Lipinski definition) is 4. The van der Waals surface area contributed by atoms with Gasteiger partial charge in [0.15, 0.2) is 5.56 Å². The normalized spacial score (nSPS) is 11.2. The van der Waals surface area contributed by atoms with E-state index < -0.39 is 34.9 Å². The highest BCUT2D eigenvalue weighted by Crippen LogP contribution is 2.35. The van der Waals surface area contributed by atoms with Crippen molar-refractivity contribution in [1.82, 2.24) is 4.98 Å². The number of rotatable bonds is 3. The molecule has 0 spiro atoms. The van der Waals surface area contributed by atoms with E-state index in [0.29, 0.717) is 6.07 Å². The highest BCUT2D eigenvalue weighted by atomic mass is 19.4. The maximum absolute atomic E-state index is 12.4. The molecule has 1 rings (SSSR count). The van der Waals surface area contributed by atoms with Crippen LogP contribution in [0.25, 0.3) is 0 Å². The van der Waals surface area contributed by atoms with Crippen LogP contribution in [-0.4, -0.2) is 21.0 Å². The van der Waals surface area contributed by atoms with Crippen LogP contribution in [0.4, 0.5) is 19.0 Å². The Morgan fingerprint density at radius 1 is 1.53 bits per heavy atom. The van der Waals surface area contributed by atoms with Gasteiger partial charge >= 0.3 is 18.0 Å². The minimum atomic E-state index is -4.95. The van der Waals surface area contributed by atoms with Gasteiger partial charge in [-0.1, -0.05) is 0 Å². The first-order chi connectivity index (χ1) is 7.71. The van der Waals surface area contributed by atoms with Crippen LogP contribution in [0.3, 0.4) is 0 Å². The first kappa shape index (κ1) is 12.9. The number of aromatic nitrogens is 1. The Labute approximate surface area is 91.9 Å². The van der Waals surface area contributed by atoms with Crippen molar-refractivity contribution in [2.75, 3.05) is 0 Å². The van der Waals surface area contributed by atoms with Gasteiger partial charge in [0.2, 0.25) is 0 Å². The molecule has 0 radical (unpaired) electrons. The lowest BCUT2D eigenvalue weighted by Gasteiger charge is -2.07. The molecule has 0 aliphatic rings. The number of nitrogens with zero attached hydrogens (tertiary/aromatic N) is 2. The summed E-state index contributed by atoms with van der Waals surface area (Å²) in [4.78, 5) is 22.4.